The highest BCUT2D eigenvalue weighted by molar-refractivity contribution is 6.31. The van der Waals surface area contributed by atoms with Crippen LogP contribution in [0.3, 0.4) is 0 Å². The van der Waals surface area contributed by atoms with Gasteiger partial charge < -0.3 is 10.1 Å². The summed E-state index contributed by atoms with van der Waals surface area (Å²) in [7, 11) is 0. The van der Waals surface area contributed by atoms with E-state index in [0.717, 1.165) is 22.0 Å². The summed E-state index contributed by atoms with van der Waals surface area (Å²) >= 11 is 6.23. The molecule has 0 saturated carbocycles. The Kier molecular flexibility index (Phi) is 4.96. The van der Waals surface area contributed by atoms with Gasteiger partial charge in [-0.25, -0.2) is 0 Å². The smallest absolute Gasteiger partial charge is 0.125 e. The molecule has 0 aliphatic rings. The van der Waals surface area contributed by atoms with Gasteiger partial charge in [0.15, 0.2) is 0 Å². The molecule has 0 atom stereocenters. The maximum absolute atomic E-state index is 6.23. The van der Waals surface area contributed by atoms with E-state index in [1.165, 1.54) is 16.3 Å². The van der Waals surface area contributed by atoms with Gasteiger partial charge in [0.05, 0.1) is 6.10 Å². The molecule has 0 amide bonds. The van der Waals surface area contributed by atoms with Gasteiger partial charge in [-0.05, 0) is 55.3 Å². The molecule has 0 heterocycles. The van der Waals surface area contributed by atoms with E-state index in [1.54, 1.807) is 0 Å². The average Bonchev–Trinajstić information content (AvgIpc) is 2.56. The van der Waals surface area contributed by atoms with E-state index in [4.69, 9.17) is 16.3 Å². The van der Waals surface area contributed by atoms with E-state index in [0.29, 0.717) is 6.54 Å². The number of hydrogen-bond acceptors (Lipinski definition) is 2. The number of halogens is 1. The van der Waals surface area contributed by atoms with Crippen LogP contribution in [0, 0.1) is 6.92 Å². The Hall–Kier alpha value is -2.19. The van der Waals surface area contributed by atoms with Crippen molar-refractivity contribution in [2.24, 2.45) is 0 Å². The van der Waals surface area contributed by atoms with Crippen LogP contribution in [0.15, 0.2) is 54.6 Å². The van der Waals surface area contributed by atoms with Crippen LogP contribution in [0.25, 0.3) is 10.8 Å². The van der Waals surface area contributed by atoms with Gasteiger partial charge in [0, 0.05) is 22.8 Å². The van der Waals surface area contributed by atoms with E-state index in [2.05, 4.69) is 47.8 Å². The first-order valence-electron chi connectivity index (χ1n) is 8.22. The minimum atomic E-state index is 0.138. The average molecular weight is 340 g/mol. The summed E-state index contributed by atoms with van der Waals surface area (Å²) in [4.78, 5) is 0. The van der Waals surface area contributed by atoms with E-state index >= 15 is 0 Å². The van der Waals surface area contributed by atoms with E-state index in [9.17, 15) is 0 Å². The Morgan fingerprint density at radius 1 is 1.04 bits per heavy atom. The quantitative estimate of drug-likeness (QED) is 0.597. The second kappa shape index (κ2) is 7.14. The molecule has 3 aromatic carbocycles. The molecular formula is C21H22ClNO. The number of fused-ring (bicyclic) bond motifs is 1. The Morgan fingerprint density at radius 2 is 1.83 bits per heavy atom. The molecular weight excluding hydrogens is 318 g/mol. The molecule has 3 heteroatoms. The molecule has 24 heavy (non-hydrogen) atoms. The van der Waals surface area contributed by atoms with Crippen molar-refractivity contribution >= 4 is 28.1 Å². The fourth-order valence-corrected chi connectivity index (χ4v) is 2.94. The van der Waals surface area contributed by atoms with Crippen LogP contribution < -0.4 is 10.1 Å². The summed E-state index contributed by atoms with van der Waals surface area (Å²) in [6.45, 7) is 6.78. The Morgan fingerprint density at radius 3 is 2.58 bits per heavy atom. The van der Waals surface area contributed by atoms with Gasteiger partial charge in [-0.1, -0.05) is 48.0 Å². The number of anilines is 1. The van der Waals surface area contributed by atoms with Gasteiger partial charge in [0.25, 0.3) is 0 Å². The fourth-order valence-electron chi connectivity index (χ4n) is 2.76. The lowest BCUT2D eigenvalue weighted by atomic mass is 10.0. The zero-order valence-corrected chi connectivity index (χ0v) is 15.0. The number of nitrogens with one attached hydrogen (secondary N) is 1. The third-order valence-corrected chi connectivity index (χ3v) is 4.41. The van der Waals surface area contributed by atoms with Crippen molar-refractivity contribution in [3.63, 3.8) is 0 Å². The number of aryl methyl sites for hydroxylation is 1. The van der Waals surface area contributed by atoms with Crippen molar-refractivity contribution in [3.05, 3.63) is 70.7 Å². The maximum atomic E-state index is 6.23. The summed E-state index contributed by atoms with van der Waals surface area (Å²) in [5.74, 6) is 0.925. The first-order valence-corrected chi connectivity index (χ1v) is 8.59. The van der Waals surface area contributed by atoms with Crippen molar-refractivity contribution in [2.45, 2.75) is 33.4 Å². The van der Waals surface area contributed by atoms with Gasteiger partial charge in [0.2, 0.25) is 0 Å². The lowest BCUT2D eigenvalue weighted by molar-refractivity contribution is 0.240. The second-order valence-electron chi connectivity index (χ2n) is 6.25. The molecule has 0 saturated heterocycles. The summed E-state index contributed by atoms with van der Waals surface area (Å²) in [5, 5.41) is 6.67. The molecule has 0 aliphatic heterocycles. The first kappa shape index (κ1) is 16.7. The van der Waals surface area contributed by atoms with Gasteiger partial charge >= 0.3 is 0 Å². The molecule has 124 valence electrons. The molecule has 0 spiro atoms. The normalized spacial score (nSPS) is 11.0. The number of ether oxygens (including phenoxy) is 1. The predicted octanol–water partition coefficient (Wildman–Crippen LogP) is 6.20. The minimum absolute atomic E-state index is 0.138. The van der Waals surface area contributed by atoms with Gasteiger partial charge in [-0.15, -0.1) is 0 Å². The second-order valence-corrected chi connectivity index (χ2v) is 6.65. The molecule has 0 unspecified atom stereocenters. The highest BCUT2D eigenvalue weighted by Gasteiger charge is 2.10. The van der Waals surface area contributed by atoms with Crippen LogP contribution in [-0.2, 0) is 6.54 Å². The zero-order chi connectivity index (χ0) is 17.1. The Balaban J connectivity index is 1.94. The summed E-state index contributed by atoms with van der Waals surface area (Å²) in [6.07, 6.45) is 0.138. The number of hydrogen-bond donors (Lipinski definition) is 1. The largest absolute Gasteiger partial charge is 0.491 e. The van der Waals surface area contributed by atoms with E-state index in [1.807, 2.05) is 32.9 Å². The lowest BCUT2D eigenvalue weighted by Gasteiger charge is -2.17. The van der Waals surface area contributed by atoms with Crippen LogP contribution in [0.5, 0.6) is 5.75 Å². The first-order chi connectivity index (χ1) is 11.5. The molecule has 0 aliphatic carbocycles. The van der Waals surface area contributed by atoms with Crippen molar-refractivity contribution in [2.75, 3.05) is 5.32 Å². The molecule has 1 N–H and O–H groups in total. The minimum Gasteiger partial charge on any atom is -0.491 e. The fraction of sp³-hybridized carbons (Fsp3) is 0.238. The number of rotatable bonds is 5. The highest BCUT2D eigenvalue weighted by atomic mass is 35.5. The summed E-state index contributed by atoms with van der Waals surface area (Å²) in [5.41, 5.74) is 3.25. The summed E-state index contributed by atoms with van der Waals surface area (Å²) < 4.78 is 6.02. The lowest BCUT2D eigenvalue weighted by Crippen LogP contribution is -2.10. The third kappa shape index (κ3) is 3.65. The van der Waals surface area contributed by atoms with Crippen molar-refractivity contribution < 1.29 is 4.74 Å². The molecule has 0 bridgehead atoms. The van der Waals surface area contributed by atoms with E-state index in [-0.39, 0.29) is 6.10 Å². The Labute approximate surface area is 148 Å². The highest BCUT2D eigenvalue weighted by Crippen LogP contribution is 2.30. The summed E-state index contributed by atoms with van der Waals surface area (Å²) in [6, 6.07) is 18.6. The predicted molar refractivity (Wildman–Crippen MR) is 103 cm³/mol. The monoisotopic (exact) mass is 339 g/mol. The van der Waals surface area contributed by atoms with Crippen molar-refractivity contribution in [3.8, 4) is 5.75 Å². The maximum Gasteiger partial charge on any atom is 0.125 e. The molecule has 0 fully saturated rings. The molecule has 0 radical (unpaired) electrons. The van der Waals surface area contributed by atoms with Gasteiger partial charge in [0.1, 0.15) is 5.75 Å². The van der Waals surface area contributed by atoms with Crippen LogP contribution in [0.4, 0.5) is 5.69 Å². The van der Waals surface area contributed by atoms with Gasteiger partial charge in [-0.2, -0.15) is 0 Å². The number of benzene rings is 3. The van der Waals surface area contributed by atoms with Crippen molar-refractivity contribution in [1.29, 1.82) is 0 Å². The van der Waals surface area contributed by atoms with Crippen molar-refractivity contribution in [1.82, 2.24) is 0 Å². The molecule has 3 rings (SSSR count). The molecule has 3 aromatic rings. The SMILES string of the molecule is Cc1ccc(NCc2c(OC(C)C)ccc3ccccc23)cc1Cl. The van der Waals surface area contributed by atoms with Gasteiger partial charge in [-0.3, -0.25) is 0 Å². The third-order valence-electron chi connectivity index (χ3n) is 4.00. The zero-order valence-electron chi connectivity index (χ0n) is 14.3. The van der Waals surface area contributed by atoms with Crippen LogP contribution in [0.1, 0.15) is 25.0 Å². The van der Waals surface area contributed by atoms with Crippen LogP contribution in [-0.4, -0.2) is 6.10 Å². The van der Waals surface area contributed by atoms with E-state index < -0.39 is 0 Å². The van der Waals surface area contributed by atoms with Crippen LogP contribution in [0.2, 0.25) is 5.02 Å². The standard InChI is InChI=1S/C21H22ClNO/c1-14(2)24-21-11-9-16-6-4-5-7-18(16)19(21)13-23-17-10-8-15(3)20(22)12-17/h4-12,14,23H,13H2,1-3H3. The topological polar surface area (TPSA) is 21.3 Å². The Bertz CT molecular complexity index is 858. The van der Waals surface area contributed by atoms with Crippen LogP contribution >= 0.6 is 11.6 Å². The molecule has 2 nitrogen and oxygen atoms in total. The molecule has 0 aromatic heterocycles.